The Morgan fingerprint density at radius 3 is 2.88 bits per heavy atom. The topological polar surface area (TPSA) is 82.8 Å². The van der Waals surface area contributed by atoms with Gasteiger partial charge in [-0.05, 0) is 20.3 Å². The maximum atomic E-state index is 11.6. The van der Waals surface area contributed by atoms with E-state index in [0.717, 1.165) is 0 Å². The third-order valence-electron chi connectivity index (χ3n) is 2.54. The third-order valence-corrected chi connectivity index (χ3v) is 2.54. The van der Waals surface area contributed by atoms with Crippen LogP contribution in [0.4, 0.5) is 0 Å². The Kier molecular flexibility index (Phi) is 5.32. The van der Waals surface area contributed by atoms with E-state index in [0.29, 0.717) is 26.2 Å². The zero-order chi connectivity index (χ0) is 12.9. The number of nitrogens with one attached hydrogen (secondary N) is 1. The first kappa shape index (κ1) is 14.4. The summed E-state index contributed by atoms with van der Waals surface area (Å²) in [6, 6.07) is -0.537. The van der Waals surface area contributed by atoms with Crippen LogP contribution in [-0.2, 0) is 19.0 Å². The van der Waals surface area contributed by atoms with Gasteiger partial charge in [-0.1, -0.05) is 0 Å². The normalized spacial score (nSPS) is 24.6. The highest BCUT2D eigenvalue weighted by molar-refractivity contribution is 5.81. The van der Waals surface area contributed by atoms with Gasteiger partial charge in [0.05, 0.1) is 12.6 Å². The van der Waals surface area contributed by atoms with E-state index in [4.69, 9.17) is 19.9 Å². The molecule has 1 amide bonds. The molecule has 1 fully saturated rings. The van der Waals surface area contributed by atoms with Crippen molar-refractivity contribution in [3.8, 4) is 0 Å². The molecule has 0 bridgehead atoms. The van der Waals surface area contributed by atoms with Crippen LogP contribution in [0.5, 0.6) is 0 Å². The van der Waals surface area contributed by atoms with Crippen LogP contribution in [0.1, 0.15) is 20.3 Å². The van der Waals surface area contributed by atoms with Crippen molar-refractivity contribution < 1.29 is 19.0 Å². The Balaban J connectivity index is 2.20. The lowest BCUT2D eigenvalue weighted by Crippen LogP contribution is -2.44. The van der Waals surface area contributed by atoms with Crippen molar-refractivity contribution in [1.82, 2.24) is 5.32 Å². The van der Waals surface area contributed by atoms with Crippen molar-refractivity contribution in [2.24, 2.45) is 5.73 Å². The summed E-state index contributed by atoms with van der Waals surface area (Å²) in [6.45, 7) is 5.08. The summed E-state index contributed by atoms with van der Waals surface area (Å²) in [5, 5.41) is 2.75. The summed E-state index contributed by atoms with van der Waals surface area (Å²) in [5.41, 5.74) is 5.68. The molecule has 6 heteroatoms. The highest BCUT2D eigenvalue weighted by Crippen LogP contribution is 2.21. The van der Waals surface area contributed by atoms with Gasteiger partial charge < -0.3 is 25.3 Å². The number of ether oxygens (including phenoxy) is 3. The molecule has 100 valence electrons. The fourth-order valence-corrected chi connectivity index (χ4v) is 1.59. The van der Waals surface area contributed by atoms with Crippen LogP contribution in [0, 0.1) is 0 Å². The van der Waals surface area contributed by atoms with Gasteiger partial charge in [-0.25, -0.2) is 0 Å². The van der Waals surface area contributed by atoms with Crippen molar-refractivity contribution in [3.05, 3.63) is 0 Å². The number of carbonyl (C=O) groups is 1. The Morgan fingerprint density at radius 1 is 1.65 bits per heavy atom. The van der Waals surface area contributed by atoms with Crippen molar-refractivity contribution in [1.29, 1.82) is 0 Å². The Hall–Kier alpha value is -0.690. The molecule has 3 N–H and O–H groups in total. The summed E-state index contributed by atoms with van der Waals surface area (Å²) in [5.74, 6) is -0.747. The highest BCUT2D eigenvalue weighted by Gasteiger charge is 2.32. The molecule has 1 rings (SSSR count). The van der Waals surface area contributed by atoms with Crippen molar-refractivity contribution >= 4 is 5.91 Å². The molecule has 0 radical (unpaired) electrons. The minimum atomic E-state index is -0.562. The average Bonchev–Trinajstić information content (AvgIpc) is 2.62. The number of hydrogen-bond donors (Lipinski definition) is 2. The molecular formula is C11H22N2O4. The summed E-state index contributed by atoms with van der Waals surface area (Å²) < 4.78 is 15.8. The van der Waals surface area contributed by atoms with E-state index in [2.05, 4.69) is 5.32 Å². The number of carbonyl (C=O) groups excluding carboxylic acids is 1. The molecule has 0 aromatic rings. The summed E-state index contributed by atoms with van der Waals surface area (Å²) >= 11 is 0. The lowest BCUT2D eigenvalue weighted by atomic mass is 10.2. The SMILES string of the molecule is COCCC(N)C(=O)NCC1COC(C)(C)O1. The van der Waals surface area contributed by atoms with E-state index < -0.39 is 11.8 Å². The van der Waals surface area contributed by atoms with Crippen LogP contribution < -0.4 is 11.1 Å². The molecular weight excluding hydrogens is 224 g/mol. The second-order valence-corrected chi connectivity index (χ2v) is 4.58. The molecule has 1 heterocycles. The molecule has 0 spiro atoms. The fourth-order valence-electron chi connectivity index (χ4n) is 1.59. The van der Waals surface area contributed by atoms with Crippen LogP contribution in [0.3, 0.4) is 0 Å². The number of hydrogen-bond acceptors (Lipinski definition) is 5. The molecule has 1 aliphatic heterocycles. The molecule has 2 unspecified atom stereocenters. The fraction of sp³-hybridized carbons (Fsp3) is 0.909. The van der Waals surface area contributed by atoms with Crippen molar-refractivity contribution in [2.45, 2.75) is 38.2 Å². The summed E-state index contributed by atoms with van der Waals surface area (Å²) in [6.07, 6.45) is 0.402. The third kappa shape index (κ3) is 4.99. The van der Waals surface area contributed by atoms with E-state index in [1.54, 1.807) is 7.11 Å². The van der Waals surface area contributed by atoms with E-state index in [1.807, 2.05) is 13.8 Å². The molecule has 0 aliphatic carbocycles. The molecule has 17 heavy (non-hydrogen) atoms. The molecule has 0 aromatic heterocycles. The zero-order valence-electron chi connectivity index (χ0n) is 10.7. The lowest BCUT2D eigenvalue weighted by Gasteiger charge is -2.18. The summed E-state index contributed by atoms with van der Waals surface area (Å²) in [4.78, 5) is 11.6. The van der Waals surface area contributed by atoms with Gasteiger partial charge in [-0.15, -0.1) is 0 Å². The minimum Gasteiger partial charge on any atom is -0.385 e. The van der Waals surface area contributed by atoms with Gasteiger partial charge in [0.15, 0.2) is 5.79 Å². The van der Waals surface area contributed by atoms with Gasteiger partial charge in [-0.2, -0.15) is 0 Å². The second kappa shape index (κ2) is 6.30. The van der Waals surface area contributed by atoms with Gasteiger partial charge in [0.25, 0.3) is 0 Å². The van der Waals surface area contributed by atoms with Crippen LogP contribution in [0.25, 0.3) is 0 Å². The van der Waals surface area contributed by atoms with Gasteiger partial charge in [-0.3, -0.25) is 4.79 Å². The largest absolute Gasteiger partial charge is 0.385 e. The van der Waals surface area contributed by atoms with Gasteiger partial charge in [0.1, 0.15) is 6.10 Å². The zero-order valence-corrected chi connectivity index (χ0v) is 10.7. The monoisotopic (exact) mass is 246 g/mol. The number of nitrogens with two attached hydrogens (primary N) is 1. The minimum absolute atomic E-state index is 0.108. The van der Waals surface area contributed by atoms with Gasteiger partial charge in [0.2, 0.25) is 5.91 Å². The predicted molar refractivity (Wildman–Crippen MR) is 62.4 cm³/mol. The molecule has 1 saturated heterocycles. The van der Waals surface area contributed by atoms with Crippen LogP contribution in [0.15, 0.2) is 0 Å². The highest BCUT2D eigenvalue weighted by atomic mass is 16.7. The van der Waals surface area contributed by atoms with Gasteiger partial charge in [0, 0.05) is 20.3 Å². The first-order valence-corrected chi connectivity index (χ1v) is 5.78. The van der Waals surface area contributed by atoms with Crippen LogP contribution in [-0.4, -0.2) is 50.7 Å². The molecule has 2 atom stereocenters. The number of rotatable bonds is 6. The number of methoxy groups -OCH3 is 1. The Morgan fingerprint density at radius 2 is 2.35 bits per heavy atom. The maximum absolute atomic E-state index is 11.6. The van der Waals surface area contributed by atoms with E-state index in [-0.39, 0.29) is 12.0 Å². The summed E-state index contributed by atoms with van der Waals surface area (Å²) in [7, 11) is 1.58. The Bertz CT molecular complexity index is 258. The van der Waals surface area contributed by atoms with E-state index >= 15 is 0 Å². The first-order chi connectivity index (χ1) is 7.94. The van der Waals surface area contributed by atoms with Crippen LogP contribution in [0.2, 0.25) is 0 Å². The van der Waals surface area contributed by atoms with Crippen molar-refractivity contribution in [2.75, 3.05) is 26.9 Å². The molecule has 6 nitrogen and oxygen atoms in total. The van der Waals surface area contributed by atoms with Crippen LogP contribution >= 0.6 is 0 Å². The number of amides is 1. The smallest absolute Gasteiger partial charge is 0.237 e. The van der Waals surface area contributed by atoms with E-state index in [9.17, 15) is 4.79 Å². The quantitative estimate of drug-likeness (QED) is 0.667. The average molecular weight is 246 g/mol. The predicted octanol–water partition coefficient (Wildman–Crippen LogP) is -0.382. The second-order valence-electron chi connectivity index (χ2n) is 4.58. The van der Waals surface area contributed by atoms with E-state index in [1.165, 1.54) is 0 Å². The first-order valence-electron chi connectivity index (χ1n) is 5.78. The van der Waals surface area contributed by atoms with Crippen molar-refractivity contribution in [3.63, 3.8) is 0 Å². The standard InChI is InChI=1S/C11H22N2O4/c1-11(2)16-7-8(17-11)6-13-10(14)9(12)4-5-15-3/h8-9H,4-7,12H2,1-3H3,(H,13,14). The molecule has 0 saturated carbocycles. The maximum Gasteiger partial charge on any atom is 0.237 e. The van der Waals surface area contributed by atoms with Gasteiger partial charge >= 0.3 is 0 Å². The lowest BCUT2D eigenvalue weighted by molar-refractivity contribution is -0.139. The molecule has 0 aromatic carbocycles. The molecule has 1 aliphatic rings. The Labute approximate surface area is 102 Å².